The van der Waals surface area contributed by atoms with E-state index in [-0.39, 0.29) is 12.4 Å². The van der Waals surface area contributed by atoms with Crippen molar-refractivity contribution in [2.75, 3.05) is 5.32 Å². The average Bonchev–Trinajstić information content (AvgIpc) is 3.30. The minimum Gasteiger partial charge on any atom is -0.316 e. The van der Waals surface area contributed by atoms with Crippen LogP contribution < -0.4 is 5.32 Å². The Kier molecular flexibility index (Phi) is 5.17. The monoisotopic (exact) mass is 389 g/mol. The number of nitrogens with zero attached hydrogens (tertiary/aromatic N) is 4. The second-order valence-corrected chi connectivity index (χ2v) is 7.04. The summed E-state index contributed by atoms with van der Waals surface area (Å²) in [6, 6.07) is 7.93. The quantitative estimate of drug-likeness (QED) is 0.519. The normalized spacial score (nSPS) is 10.5. The molecule has 4 aromatic heterocycles. The molecule has 0 bridgehead atoms. The van der Waals surface area contributed by atoms with Gasteiger partial charge in [-0.15, -0.1) is 35.1 Å². The summed E-state index contributed by atoms with van der Waals surface area (Å²) in [5, 5.41) is 9.12. The fourth-order valence-electron chi connectivity index (χ4n) is 2.64. The van der Waals surface area contributed by atoms with Crippen LogP contribution in [-0.2, 0) is 0 Å². The van der Waals surface area contributed by atoms with Crippen LogP contribution in [0.5, 0.6) is 0 Å². The molecule has 5 nitrogen and oxygen atoms in total. The molecule has 0 saturated carbocycles. The van der Waals surface area contributed by atoms with Crippen molar-refractivity contribution in [3.8, 4) is 16.4 Å². The lowest BCUT2D eigenvalue weighted by Crippen LogP contribution is -1.98. The Bertz CT molecular complexity index is 961. The van der Waals surface area contributed by atoms with E-state index in [0.29, 0.717) is 0 Å². The highest BCUT2D eigenvalue weighted by molar-refractivity contribution is 7.14. The minimum absolute atomic E-state index is 0. The summed E-state index contributed by atoms with van der Waals surface area (Å²) in [5.74, 6) is 0.798. The van der Waals surface area contributed by atoms with Crippen molar-refractivity contribution in [3.05, 3.63) is 58.8 Å². The zero-order valence-corrected chi connectivity index (χ0v) is 16.1. The van der Waals surface area contributed by atoms with Crippen LogP contribution in [0.4, 0.5) is 10.9 Å². The molecule has 0 aliphatic rings. The first-order valence-electron chi connectivity index (χ1n) is 7.45. The van der Waals surface area contributed by atoms with Gasteiger partial charge in [-0.05, 0) is 32.0 Å². The SMILES string of the molecule is Cc1cc(-c2csc(Nc3ccccn3)n2)c(C)n1-c1nccs1.Cl. The van der Waals surface area contributed by atoms with Gasteiger partial charge in [-0.2, -0.15) is 0 Å². The molecule has 25 heavy (non-hydrogen) atoms. The Labute approximate surface area is 159 Å². The maximum absolute atomic E-state index is 4.71. The highest BCUT2D eigenvalue weighted by Crippen LogP contribution is 2.32. The van der Waals surface area contributed by atoms with Gasteiger partial charge in [0.1, 0.15) is 5.82 Å². The largest absolute Gasteiger partial charge is 0.316 e. The Morgan fingerprint density at radius 2 is 1.96 bits per heavy atom. The number of pyridine rings is 1. The summed E-state index contributed by atoms with van der Waals surface area (Å²) in [7, 11) is 0. The number of rotatable bonds is 4. The Morgan fingerprint density at radius 1 is 1.08 bits per heavy atom. The zero-order chi connectivity index (χ0) is 16.5. The zero-order valence-electron chi connectivity index (χ0n) is 13.6. The number of nitrogens with one attached hydrogen (secondary N) is 1. The molecule has 0 fully saturated rings. The Balaban J connectivity index is 0.00000182. The first-order valence-corrected chi connectivity index (χ1v) is 9.21. The highest BCUT2D eigenvalue weighted by atomic mass is 35.5. The van der Waals surface area contributed by atoms with E-state index in [9.17, 15) is 0 Å². The number of anilines is 2. The molecule has 0 aliphatic heterocycles. The van der Waals surface area contributed by atoms with E-state index in [1.54, 1.807) is 28.9 Å². The van der Waals surface area contributed by atoms with E-state index >= 15 is 0 Å². The standard InChI is InChI=1S/C17H15N5S2.ClH/c1-11-9-13(12(2)22(11)17-19-7-8-23-17)14-10-24-16(20-14)21-15-5-3-4-6-18-15;/h3-10H,1-2H3,(H,18,20,21);1H. The van der Waals surface area contributed by atoms with Crippen LogP contribution in [-0.4, -0.2) is 19.5 Å². The summed E-state index contributed by atoms with van der Waals surface area (Å²) in [5.41, 5.74) is 4.41. The molecular weight excluding hydrogens is 374 g/mol. The molecule has 0 aromatic carbocycles. The molecule has 0 amide bonds. The number of halogens is 1. The van der Waals surface area contributed by atoms with E-state index in [0.717, 1.165) is 38.7 Å². The van der Waals surface area contributed by atoms with Crippen LogP contribution in [0, 0.1) is 13.8 Å². The Morgan fingerprint density at radius 3 is 2.68 bits per heavy atom. The predicted molar refractivity (Wildman–Crippen MR) is 107 cm³/mol. The average molecular weight is 390 g/mol. The molecule has 0 atom stereocenters. The molecule has 4 aromatic rings. The van der Waals surface area contributed by atoms with Crippen molar-refractivity contribution < 1.29 is 0 Å². The summed E-state index contributed by atoms with van der Waals surface area (Å²) in [4.78, 5) is 13.4. The molecule has 4 heterocycles. The fourth-order valence-corrected chi connectivity index (χ4v) is 4.11. The first-order chi connectivity index (χ1) is 11.7. The van der Waals surface area contributed by atoms with Crippen molar-refractivity contribution in [1.29, 1.82) is 0 Å². The number of thiazole rings is 2. The van der Waals surface area contributed by atoms with Crippen LogP contribution >= 0.6 is 35.1 Å². The fraction of sp³-hybridized carbons (Fsp3) is 0.118. The molecular formula is C17H16ClN5S2. The lowest BCUT2D eigenvalue weighted by molar-refractivity contribution is 0.951. The number of hydrogen-bond donors (Lipinski definition) is 1. The summed E-state index contributed by atoms with van der Waals surface area (Å²) in [6.45, 7) is 4.20. The first kappa shape index (κ1) is 17.6. The lowest BCUT2D eigenvalue weighted by atomic mass is 10.2. The summed E-state index contributed by atoms with van der Waals surface area (Å²) in [6.07, 6.45) is 3.59. The molecule has 128 valence electrons. The van der Waals surface area contributed by atoms with Gasteiger partial charge in [-0.25, -0.2) is 15.0 Å². The maximum atomic E-state index is 4.71. The van der Waals surface area contributed by atoms with Gasteiger partial charge in [0.2, 0.25) is 0 Å². The second kappa shape index (κ2) is 7.35. The third-order valence-corrected chi connectivity index (χ3v) is 5.24. The third-order valence-electron chi connectivity index (χ3n) is 3.72. The second-order valence-electron chi connectivity index (χ2n) is 5.31. The van der Waals surface area contributed by atoms with E-state index in [1.807, 2.05) is 29.8 Å². The van der Waals surface area contributed by atoms with E-state index in [4.69, 9.17) is 4.98 Å². The molecule has 4 rings (SSSR count). The number of aromatic nitrogens is 4. The van der Waals surface area contributed by atoms with Gasteiger partial charge in [0.25, 0.3) is 0 Å². The molecule has 0 saturated heterocycles. The molecule has 8 heteroatoms. The van der Waals surface area contributed by atoms with Crippen LogP contribution in [0.3, 0.4) is 0 Å². The van der Waals surface area contributed by atoms with Gasteiger partial charge in [0, 0.05) is 40.1 Å². The third kappa shape index (κ3) is 3.44. The lowest BCUT2D eigenvalue weighted by Gasteiger charge is -2.04. The van der Waals surface area contributed by atoms with Crippen LogP contribution in [0.1, 0.15) is 11.4 Å². The van der Waals surface area contributed by atoms with Gasteiger partial charge < -0.3 is 5.32 Å². The van der Waals surface area contributed by atoms with Crippen molar-refractivity contribution in [2.45, 2.75) is 13.8 Å². The molecule has 0 radical (unpaired) electrons. The highest BCUT2D eigenvalue weighted by Gasteiger charge is 2.16. The van der Waals surface area contributed by atoms with Crippen LogP contribution in [0.15, 0.2) is 47.4 Å². The van der Waals surface area contributed by atoms with Crippen molar-refractivity contribution in [1.82, 2.24) is 19.5 Å². The predicted octanol–water partition coefficient (Wildman–Crippen LogP) is 5.23. The molecule has 0 unspecified atom stereocenters. The topological polar surface area (TPSA) is 55.6 Å². The maximum Gasteiger partial charge on any atom is 0.193 e. The minimum atomic E-state index is 0. The van der Waals surface area contributed by atoms with Gasteiger partial charge in [-0.3, -0.25) is 4.57 Å². The van der Waals surface area contributed by atoms with Gasteiger partial charge in [0.05, 0.1) is 5.69 Å². The molecule has 0 spiro atoms. The smallest absolute Gasteiger partial charge is 0.193 e. The Hall–Kier alpha value is -2.22. The van der Waals surface area contributed by atoms with Crippen molar-refractivity contribution in [3.63, 3.8) is 0 Å². The van der Waals surface area contributed by atoms with Gasteiger partial charge >= 0.3 is 0 Å². The van der Waals surface area contributed by atoms with Crippen LogP contribution in [0.2, 0.25) is 0 Å². The molecule has 0 aliphatic carbocycles. The van der Waals surface area contributed by atoms with Gasteiger partial charge in [0.15, 0.2) is 10.3 Å². The van der Waals surface area contributed by atoms with E-state index in [2.05, 4.69) is 45.1 Å². The number of aryl methyl sites for hydroxylation is 1. The van der Waals surface area contributed by atoms with Crippen LogP contribution in [0.25, 0.3) is 16.4 Å². The summed E-state index contributed by atoms with van der Waals surface area (Å²) < 4.78 is 2.17. The van der Waals surface area contributed by atoms with Crippen molar-refractivity contribution >= 4 is 46.0 Å². The van der Waals surface area contributed by atoms with Gasteiger partial charge in [-0.1, -0.05) is 6.07 Å². The number of hydrogen-bond acceptors (Lipinski definition) is 6. The molecule has 1 N–H and O–H groups in total. The summed E-state index contributed by atoms with van der Waals surface area (Å²) >= 11 is 3.21. The van der Waals surface area contributed by atoms with E-state index < -0.39 is 0 Å². The van der Waals surface area contributed by atoms with E-state index in [1.165, 1.54) is 0 Å². The van der Waals surface area contributed by atoms with Crippen molar-refractivity contribution in [2.24, 2.45) is 0 Å².